The van der Waals surface area contributed by atoms with Crippen LogP contribution in [0.25, 0.3) is 0 Å². The molecule has 0 heterocycles. The predicted octanol–water partition coefficient (Wildman–Crippen LogP) is 4.35. The van der Waals surface area contributed by atoms with Crippen molar-refractivity contribution in [2.45, 2.75) is 25.8 Å². The molecule has 0 radical (unpaired) electrons. The van der Waals surface area contributed by atoms with Crippen LogP contribution >= 0.6 is 0 Å². The van der Waals surface area contributed by atoms with E-state index in [1.165, 1.54) is 6.92 Å². The molecule has 0 bridgehead atoms. The second-order valence-corrected chi connectivity index (χ2v) is 6.20. The number of methoxy groups -OCH3 is 2. The van der Waals surface area contributed by atoms with E-state index in [1.54, 1.807) is 14.2 Å². The SMILES string of the molecule is COc1ccc(C[C@](C)(COC(C)=O)N=Nc2ccc(OC)cc2)cc1. The van der Waals surface area contributed by atoms with Crippen LogP contribution in [0, 0.1) is 0 Å². The molecular formula is C20H24N2O4. The zero-order valence-corrected chi connectivity index (χ0v) is 15.6. The molecule has 0 spiro atoms. The summed E-state index contributed by atoms with van der Waals surface area (Å²) in [6.07, 6.45) is 0.573. The lowest BCUT2D eigenvalue weighted by Crippen LogP contribution is -2.32. The number of ether oxygens (including phenoxy) is 3. The molecular weight excluding hydrogens is 332 g/mol. The van der Waals surface area contributed by atoms with Crippen LogP contribution in [0.1, 0.15) is 19.4 Å². The Hall–Kier alpha value is -2.89. The highest BCUT2D eigenvalue weighted by Gasteiger charge is 2.26. The topological polar surface area (TPSA) is 69.5 Å². The van der Waals surface area contributed by atoms with E-state index >= 15 is 0 Å². The van der Waals surface area contributed by atoms with Crippen LogP contribution in [0.15, 0.2) is 58.8 Å². The quantitative estimate of drug-likeness (QED) is 0.521. The predicted molar refractivity (Wildman–Crippen MR) is 99.2 cm³/mol. The van der Waals surface area contributed by atoms with Gasteiger partial charge in [-0.05, 0) is 48.9 Å². The van der Waals surface area contributed by atoms with Gasteiger partial charge in [-0.2, -0.15) is 10.2 Å². The molecule has 6 nitrogen and oxygen atoms in total. The average Bonchev–Trinajstić information content (AvgIpc) is 2.66. The molecule has 2 rings (SSSR count). The summed E-state index contributed by atoms with van der Waals surface area (Å²) in [5.74, 6) is 1.20. The van der Waals surface area contributed by atoms with Gasteiger partial charge in [-0.3, -0.25) is 4.79 Å². The fourth-order valence-electron chi connectivity index (χ4n) is 2.38. The lowest BCUT2D eigenvalue weighted by Gasteiger charge is -2.23. The Morgan fingerprint density at radius 2 is 1.50 bits per heavy atom. The highest BCUT2D eigenvalue weighted by Crippen LogP contribution is 2.24. The molecule has 2 aromatic carbocycles. The Balaban J connectivity index is 2.18. The van der Waals surface area contributed by atoms with Crippen molar-refractivity contribution in [1.82, 2.24) is 0 Å². The van der Waals surface area contributed by atoms with Crippen molar-refractivity contribution in [3.05, 3.63) is 54.1 Å². The number of rotatable bonds is 8. The Kier molecular flexibility index (Phi) is 6.72. The zero-order chi connectivity index (χ0) is 19.0. The van der Waals surface area contributed by atoms with Crippen molar-refractivity contribution in [3.63, 3.8) is 0 Å². The van der Waals surface area contributed by atoms with Gasteiger partial charge in [0, 0.05) is 13.3 Å². The van der Waals surface area contributed by atoms with Gasteiger partial charge in [-0.25, -0.2) is 0 Å². The van der Waals surface area contributed by atoms with E-state index in [1.807, 2.05) is 55.5 Å². The van der Waals surface area contributed by atoms with Crippen LogP contribution in [0.5, 0.6) is 11.5 Å². The van der Waals surface area contributed by atoms with E-state index in [0.29, 0.717) is 12.1 Å². The Morgan fingerprint density at radius 3 is 2.00 bits per heavy atom. The highest BCUT2D eigenvalue weighted by molar-refractivity contribution is 5.66. The van der Waals surface area contributed by atoms with Gasteiger partial charge in [0.05, 0.1) is 19.9 Å². The van der Waals surface area contributed by atoms with E-state index in [2.05, 4.69) is 10.2 Å². The molecule has 0 aliphatic carbocycles. The number of azo groups is 1. The molecule has 6 heteroatoms. The van der Waals surface area contributed by atoms with Crippen molar-refractivity contribution in [2.24, 2.45) is 10.2 Å². The van der Waals surface area contributed by atoms with Gasteiger partial charge in [0.15, 0.2) is 0 Å². The largest absolute Gasteiger partial charge is 0.497 e. The fourth-order valence-corrected chi connectivity index (χ4v) is 2.38. The number of nitrogens with zero attached hydrogens (tertiary/aromatic N) is 2. The van der Waals surface area contributed by atoms with E-state index in [-0.39, 0.29) is 12.6 Å². The molecule has 0 N–H and O–H groups in total. The average molecular weight is 356 g/mol. The first-order chi connectivity index (χ1) is 12.4. The van der Waals surface area contributed by atoms with Crippen LogP contribution in [0.4, 0.5) is 5.69 Å². The third kappa shape index (κ3) is 5.88. The first-order valence-corrected chi connectivity index (χ1v) is 8.27. The van der Waals surface area contributed by atoms with Crippen LogP contribution in [-0.4, -0.2) is 32.3 Å². The van der Waals surface area contributed by atoms with E-state index in [4.69, 9.17) is 14.2 Å². The van der Waals surface area contributed by atoms with Crippen molar-refractivity contribution in [2.75, 3.05) is 20.8 Å². The minimum atomic E-state index is -0.680. The zero-order valence-electron chi connectivity index (χ0n) is 15.6. The molecule has 0 unspecified atom stereocenters. The summed E-state index contributed by atoms with van der Waals surface area (Å²) < 4.78 is 15.5. The lowest BCUT2D eigenvalue weighted by atomic mass is 9.94. The van der Waals surface area contributed by atoms with Crippen molar-refractivity contribution in [1.29, 1.82) is 0 Å². The molecule has 26 heavy (non-hydrogen) atoms. The summed E-state index contributed by atoms with van der Waals surface area (Å²) in [5.41, 5.74) is 1.07. The molecule has 0 saturated carbocycles. The van der Waals surface area contributed by atoms with Gasteiger partial charge in [-0.15, -0.1) is 0 Å². The van der Waals surface area contributed by atoms with Gasteiger partial charge in [0.25, 0.3) is 0 Å². The van der Waals surface area contributed by atoms with Gasteiger partial charge >= 0.3 is 5.97 Å². The number of hydrogen-bond donors (Lipinski definition) is 0. The van der Waals surface area contributed by atoms with Crippen LogP contribution in [0.2, 0.25) is 0 Å². The summed E-state index contributed by atoms with van der Waals surface area (Å²) in [6.45, 7) is 3.44. The molecule has 1 atom stereocenters. The van der Waals surface area contributed by atoms with Gasteiger partial charge in [0.1, 0.15) is 23.6 Å². The fraction of sp³-hybridized carbons (Fsp3) is 0.350. The Bertz CT molecular complexity index is 741. The van der Waals surface area contributed by atoms with Gasteiger partial charge < -0.3 is 14.2 Å². The Labute approximate surface area is 153 Å². The number of esters is 1. The van der Waals surface area contributed by atoms with Crippen molar-refractivity contribution in [3.8, 4) is 11.5 Å². The molecule has 2 aromatic rings. The number of hydrogen-bond acceptors (Lipinski definition) is 6. The molecule has 138 valence electrons. The van der Waals surface area contributed by atoms with Crippen LogP contribution < -0.4 is 9.47 Å². The second-order valence-electron chi connectivity index (χ2n) is 6.20. The van der Waals surface area contributed by atoms with Crippen LogP contribution in [-0.2, 0) is 16.0 Å². The summed E-state index contributed by atoms with van der Waals surface area (Å²) in [4.78, 5) is 11.2. The van der Waals surface area contributed by atoms with E-state index in [0.717, 1.165) is 17.1 Å². The van der Waals surface area contributed by atoms with Gasteiger partial charge in [0.2, 0.25) is 0 Å². The molecule has 0 aliphatic heterocycles. The van der Waals surface area contributed by atoms with Gasteiger partial charge in [-0.1, -0.05) is 12.1 Å². The number of carbonyl (C=O) groups is 1. The maximum Gasteiger partial charge on any atom is 0.302 e. The molecule has 0 amide bonds. The highest BCUT2D eigenvalue weighted by atomic mass is 16.5. The molecule has 0 saturated heterocycles. The monoisotopic (exact) mass is 356 g/mol. The summed E-state index contributed by atoms with van der Waals surface area (Å²) in [5, 5.41) is 8.78. The van der Waals surface area contributed by atoms with Crippen LogP contribution in [0.3, 0.4) is 0 Å². The molecule has 0 aromatic heterocycles. The first-order valence-electron chi connectivity index (χ1n) is 8.27. The smallest absolute Gasteiger partial charge is 0.302 e. The Morgan fingerprint density at radius 1 is 0.962 bits per heavy atom. The van der Waals surface area contributed by atoms with E-state index < -0.39 is 5.54 Å². The van der Waals surface area contributed by atoms with E-state index in [9.17, 15) is 4.79 Å². The maximum absolute atomic E-state index is 11.2. The summed E-state index contributed by atoms with van der Waals surface area (Å²) in [7, 11) is 3.24. The lowest BCUT2D eigenvalue weighted by molar-refractivity contribution is -0.142. The normalized spacial score (nSPS) is 13.2. The second kappa shape index (κ2) is 8.99. The first kappa shape index (κ1) is 19.4. The van der Waals surface area contributed by atoms with Crippen molar-refractivity contribution < 1.29 is 19.0 Å². The summed E-state index contributed by atoms with van der Waals surface area (Å²) >= 11 is 0. The third-order valence-electron chi connectivity index (χ3n) is 3.81. The number of benzene rings is 2. The molecule has 0 aliphatic rings. The number of carbonyl (C=O) groups excluding carboxylic acids is 1. The van der Waals surface area contributed by atoms with Crippen molar-refractivity contribution >= 4 is 11.7 Å². The summed E-state index contributed by atoms with van der Waals surface area (Å²) in [6, 6.07) is 15.0. The third-order valence-corrected chi connectivity index (χ3v) is 3.81. The molecule has 0 fully saturated rings. The minimum Gasteiger partial charge on any atom is -0.497 e. The standard InChI is InChI=1S/C20H24N2O4/c1-15(23)26-14-20(2,13-16-5-9-18(24-3)10-6-16)22-21-17-7-11-19(25-4)12-8-17/h5-12H,13-14H2,1-4H3/t20-/m1/s1. The minimum absolute atomic E-state index is 0.147. The maximum atomic E-state index is 11.2.